The van der Waals surface area contributed by atoms with Crippen LogP contribution in [-0.2, 0) is 4.74 Å². The van der Waals surface area contributed by atoms with E-state index in [1.165, 1.54) is 0 Å². The fourth-order valence-electron chi connectivity index (χ4n) is 2.00. The molecule has 2 heterocycles. The van der Waals surface area contributed by atoms with Gasteiger partial charge in [0, 0.05) is 32.4 Å². The number of halogens is 2. The Hall–Kier alpha value is -0.620. The number of nitrogens with zero attached hydrogens (tertiary/aromatic N) is 3. The lowest BCUT2D eigenvalue weighted by atomic mass is 10.2. The van der Waals surface area contributed by atoms with Gasteiger partial charge in [0.05, 0.1) is 6.10 Å². The second kappa shape index (κ2) is 7.66. The Morgan fingerprint density at radius 1 is 1.53 bits per heavy atom. The summed E-state index contributed by atoms with van der Waals surface area (Å²) < 4.78 is 5.35. The fourth-order valence-corrected chi connectivity index (χ4v) is 2.00. The highest BCUT2D eigenvalue weighted by molar-refractivity contribution is 5.85. The van der Waals surface area contributed by atoms with Crippen molar-refractivity contribution in [1.29, 1.82) is 0 Å². The van der Waals surface area contributed by atoms with E-state index in [9.17, 15) is 0 Å². The van der Waals surface area contributed by atoms with Crippen LogP contribution in [0.15, 0.2) is 18.6 Å². The lowest BCUT2D eigenvalue weighted by molar-refractivity contribution is 0.118. The molecule has 0 radical (unpaired) electrons. The van der Waals surface area contributed by atoms with E-state index < -0.39 is 0 Å². The molecule has 1 aromatic rings. The van der Waals surface area contributed by atoms with Crippen molar-refractivity contribution in [3.63, 3.8) is 0 Å². The van der Waals surface area contributed by atoms with Crippen molar-refractivity contribution < 1.29 is 4.74 Å². The molecule has 0 aromatic carbocycles. The molecule has 0 saturated carbocycles. The highest BCUT2D eigenvalue weighted by Gasteiger charge is 2.31. The Labute approximate surface area is 114 Å². The first kappa shape index (κ1) is 16.4. The number of nitrogens with two attached hydrogens (primary N) is 1. The van der Waals surface area contributed by atoms with Gasteiger partial charge in [-0.25, -0.2) is 9.97 Å². The van der Waals surface area contributed by atoms with Crippen LogP contribution in [0.3, 0.4) is 0 Å². The van der Waals surface area contributed by atoms with E-state index >= 15 is 0 Å². The van der Waals surface area contributed by atoms with Gasteiger partial charge in [-0.1, -0.05) is 0 Å². The predicted octanol–water partition coefficient (Wildman–Crippen LogP) is 0.873. The Kier molecular flexibility index (Phi) is 7.38. The van der Waals surface area contributed by atoms with Crippen molar-refractivity contribution in [2.75, 3.05) is 25.1 Å². The number of hydrogen-bond donors (Lipinski definition) is 1. The summed E-state index contributed by atoms with van der Waals surface area (Å²) >= 11 is 0. The van der Waals surface area contributed by atoms with Gasteiger partial charge in [-0.15, -0.1) is 24.8 Å². The van der Waals surface area contributed by atoms with Gasteiger partial charge in [-0.05, 0) is 12.5 Å². The van der Waals surface area contributed by atoms with Crippen LogP contribution in [0.25, 0.3) is 0 Å². The van der Waals surface area contributed by atoms with E-state index in [2.05, 4.69) is 14.9 Å². The van der Waals surface area contributed by atoms with Crippen molar-refractivity contribution in [1.82, 2.24) is 9.97 Å². The second-order valence-electron chi connectivity index (χ2n) is 3.70. The molecule has 1 fully saturated rings. The van der Waals surface area contributed by atoms with Crippen LogP contribution < -0.4 is 10.6 Å². The van der Waals surface area contributed by atoms with Gasteiger partial charge in [0.25, 0.3) is 0 Å². The van der Waals surface area contributed by atoms with Crippen molar-refractivity contribution >= 4 is 30.6 Å². The molecule has 0 unspecified atom stereocenters. The average molecular weight is 281 g/mol. The van der Waals surface area contributed by atoms with Crippen LogP contribution in [0.2, 0.25) is 0 Å². The maximum absolute atomic E-state index is 5.74. The van der Waals surface area contributed by atoms with Crippen LogP contribution in [0, 0.1) is 0 Å². The van der Waals surface area contributed by atoms with Gasteiger partial charge in [-0.2, -0.15) is 0 Å². The third-order valence-corrected chi connectivity index (χ3v) is 2.84. The van der Waals surface area contributed by atoms with Crippen molar-refractivity contribution in [2.45, 2.75) is 18.6 Å². The highest BCUT2D eigenvalue weighted by Crippen LogP contribution is 2.24. The van der Waals surface area contributed by atoms with Gasteiger partial charge in [0.15, 0.2) is 0 Å². The number of rotatable bonds is 3. The fraction of sp³-hybridized carbons (Fsp3) is 0.600. The number of ether oxygens (including phenoxy) is 1. The van der Waals surface area contributed by atoms with E-state index in [1.807, 2.05) is 6.07 Å². The lowest BCUT2D eigenvalue weighted by Gasteiger charge is -2.23. The molecule has 17 heavy (non-hydrogen) atoms. The second-order valence-corrected chi connectivity index (χ2v) is 3.70. The smallest absolute Gasteiger partial charge is 0.132 e. The Morgan fingerprint density at radius 2 is 2.29 bits per heavy atom. The van der Waals surface area contributed by atoms with Gasteiger partial charge in [0.1, 0.15) is 12.1 Å². The number of hydrogen-bond acceptors (Lipinski definition) is 5. The molecular weight excluding hydrogens is 263 g/mol. The number of methoxy groups -OCH3 is 1. The van der Waals surface area contributed by atoms with E-state index in [-0.39, 0.29) is 30.9 Å². The van der Waals surface area contributed by atoms with Crippen LogP contribution in [-0.4, -0.2) is 42.3 Å². The van der Waals surface area contributed by atoms with Crippen molar-refractivity contribution in [3.8, 4) is 0 Å². The minimum absolute atomic E-state index is 0. The van der Waals surface area contributed by atoms with E-state index in [0.29, 0.717) is 12.6 Å². The van der Waals surface area contributed by atoms with Crippen molar-refractivity contribution in [3.05, 3.63) is 18.6 Å². The summed E-state index contributed by atoms with van der Waals surface area (Å²) in [5, 5.41) is 0. The van der Waals surface area contributed by atoms with Gasteiger partial charge in [-0.3, -0.25) is 0 Å². The molecule has 2 rings (SSSR count). The van der Waals surface area contributed by atoms with Crippen molar-refractivity contribution in [2.24, 2.45) is 5.73 Å². The molecule has 98 valence electrons. The first-order valence-corrected chi connectivity index (χ1v) is 5.10. The summed E-state index contributed by atoms with van der Waals surface area (Å²) in [6, 6.07) is 2.23. The molecule has 1 aromatic heterocycles. The summed E-state index contributed by atoms with van der Waals surface area (Å²) in [6.45, 7) is 1.49. The third kappa shape index (κ3) is 3.67. The molecule has 2 atom stereocenters. The maximum Gasteiger partial charge on any atom is 0.132 e. The molecule has 0 spiro atoms. The van der Waals surface area contributed by atoms with E-state index in [4.69, 9.17) is 10.5 Å². The zero-order chi connectivity index (χ0) is 10.7. The standard InChI is InChI=1S/C10H16N4O.2ClH/c1-15-9-4-8(5-11)14(6-9)10-2-3-12-7-13-10;;/h2-3,7-9H,4-6,11H2,1H3;2*1H/t8-,9-;;/m1../s1. The largest absolute Gasteiger partial charge is 0.380 e. The van der Waals surface area contributed by atoms with Crippen LogP contribution in [0.4, 0.5) is 5.82 Å². The molecule has 2 N–H and O–H groups in total. The monoisotopic (exact) mass is 280 g/mol. The lowest BCUT2D eigenvalue weighted by Crippen LogP contribution is -2.36. The zero-order valence-corrected chi connectivity index (χ0v) is 11.3. The molecule has 7 heteroatoms. The zero-order valence-electron chi connectivity index (χ0n) is 9.65. The minimum atomic E-state index is 0. The normalized spacial score (nSPS) is 22.8. The quantitative estimate of drug-likeness (QED) is 0.890. The van der Waals surface area contributed by atoms with Gasteiger partial charge < -0.3 is 15.4 Å². The molecule has 0 bridgehead atoms. The number of anilines is 1. The summed E-state index contributed by atoms with van der Waals surface area (Å²) in [7, 11) is 1.74. The van der Waals surface area contributed by atoms with E-state index in [0.717, 1.165) is 18.8 Å². The molecule has 1 saturated heterocycles. The number of aromatic nitrogens is 2. The molecule has 5 nitrogen and oxygen atoms in total. The Bertz CT molecular complexity index is 314. The first-order chi connectivity index (χ1) is 7.35. The van der Waals surface area contributed by atoms with Crippen LogP contribution >= 0.6 is 24.8 Å². The molecular formula is C10H18Cl2N4O. The maximum atomic E-state index is 5.74. The summed E-state index contributed by atoms with van der Waals surface area (Å²) in [5.41, 5.74) is 5.74. The third-order valence-electron chi connectivity index (χ3n) is 2.84. The molecule has 1 aliphatic rings. The molecule has 1 aliphatic heterocycles. The van der Waals surface area contributed by atoms with Gasteiger partial charge >= 0.3 is 0 Å². The molecule has 0 amide bonds. The summed E-state index contributed by atoms with van der Waals surface area (Å²) in [5.74, 6) is 0.931. The topological polar surface area (TPSA) is 64.3 Å². The first-order valence-electron chi connectivity index (χ1n) is 5.10. The van der Waals surface area contributed by atoms with E-state index in [1.54, 1.807) is 19.6 Å². The minimum Gasteiger partial charge on any atom is -0.380 e. The predicted molar refractivity (Wildman–Crippen MR) is 72.1 cm³/mol. The average Bonchev–Trinajstić information content (AvgIpc) is 2.73. The van der Waals surface area contributed by atoms with Crippen LogP contribution in [0.1, 0.15) is 6.42 Å². The van der Waals surface area contributed by atoms with Gasteiger partial charge in [0.2, 0.25) is 0 Å². The molecule has 0 aliphatic carbocycles. The Balaban J connectivity index is 0.00000128. The SMILES string of the molecule is CO[C@@H]1C[C@H](CN)N(c2ccncn2)C1.Cl.Cl. The summed E-state index contributed by atoms with van der Waals surface area (Å²) in [6.07, 6.45) is 4.53. The highest BCUT2D eigenvalue weighted by atomic mass is 35.5. The summed E-state index contributed by atoms with van der Waals surface area (Å²) in [4.78, 5) is 10.3. The van der Waals surface area contributed by atoms with Crippen LogP contribution in [0.5, 0.6) is 0 Å². The Morgan fingerprint density at radius 3 is 2.82 bits per heavy atom.